The molecule has 1 spiro atoms. The van der Waals surface area contributed by atoms with Crippen molar-refractivity contribution in [1.82, 2.24) is 19.7 Å². The molecule has 2 aromatic heterocycles. The molecular formula is C24H29ClN6OS. The third kappa shape index (κ3) is 4.37. The molecule has 0 unspecified atom stereocenters. The van der Waals surface area contributed by atoms with Crippen LogP contribution >= 0.6 is 23.4 Å². The van der Waals surface area contributed by atoms with Crippen molar-refractivity contribution in [3.8, 4) is 11.1 Å². The van der Waals surface area contributed by atoms with Crippen molar-refractivity contribution in [1.29, 1.82) is 0 Å². The summed E-state index contributed by atoms with van der Waals surface area (Å²) >= 11 is 8.27. The molecule has 33 heavy (non-hydrogen) atoms. The maximum atomic E-state index is 6.75. The van der Waals surface area contributed by atoms with Crippen molar-refractivity contribution in [2.24, 2.45) is 11.1 Å². The van der Waals surface area contributed by atoms with Crippen molar-refractivity contribution in [3.63, 3.8) is 0 Å². The lowest BCUT2D eigenvalue weighted by Crippen LogP contribution is -2.50. The standard InChI is InChI=1S/C24H29ClN6OS/c1-3-31-14-17(11-29-31)18-5-4-6-19(22(18)25)33-21-13-27-20(12-28-21)30-9-7-24(8-10-30)15-32-16(2)23(24)26/h4-6,11-14,16,23H,3,7-10,15,26H2,1-2H3/t16-,23+/m0/s1. The molecular weight excluding hydrogens is 456 g/mol. The van der Waals surface area contributed by atoms with Gasteiger partial charge in [0.2, 0.25) is 0 Å². The number of benzene rings is 1. The van der Waals surface area contributed by atoms with Gasteiger partial charge in [-0.15, -0.1) is 0 Å². The molecule has 0 radical (unpaired) electrons. The van der Waals surface area contributed by atoms with Gasteiger partial charge >= 0.3 is 0 Å². The molecule has 2 fully saturated rings. The van der Waals surface area contributed by atoms with E-state index in [2.05, 4.69) is 28.8 Å². The number of aromatic nitrogens is 4. The van der Waals surface area contributed by atoms with Crippen molar-refractivity contribution in [2.75, 3.05) is 24.6 Å². The van der Waals surface area contributed by atoms with Gasteiger partial charge in [-0.25, -0.2) is 9.97 Å². The van der Waals surface area contributed by atoms with Crippen molar-refractivity contribution in [2.45, 2.75) is 55.3 Å². The number of rotatable bonds is 5. The van der Waals surface area contributed by atoms with E-state index < -0.39 is 0 Å². The van der Waals surface area contributed by atoms with E-state index in [1.807, 2.05) is 47.7 Å². The summed E-state index contributed by atoms with van der Waals surface area (Å²) in [5.74, 6) is 0.904. The van der Waals surface area contributed by atoms with Crippen LogP contribution in [0.3, 0.4) is 0 Å². The van der Waals surface area contributed by atoms with Gasteiger partial charge in [-0.1, -0.05) is 35.5 Å². The normalized spacial score (nSPS) is 22.2. The molecule has 174 valence electrons. The van der Waals surface area contributed by atoms with Crippen LogP contribution in [0.15, 0.2) is 52.9 Å². The van der Waals surface area contributed by atoms with Gasteiger partial charge in [-0.2, -0.15) is 5.10 Å². The van der Waals surface area contributed by atoms with Gasteiger partial charge < -0.3 is 15.4 Å². The third-order valence-electron chi connectivity index (χ3n) is 6.99. The van der Waals surface area contributed by atoms with E-state index >= 15 is 0 Å². The zero-order valence-corrected chi connectivity index (χ0v) is 20.5. The fourth-order valence-electron chi connectivity index (χ4n) is 4.78. The van der Waals surface area contributed by atoms with E-state index in [9.17, 15) is 0 Å². The highest BCUT2D eigenvalue weighted by atomic mass is 35.5. The lowest BCUT2D eigenvalue weighted by molar-refractivity contribution is 0.0974. The van der Waals surface area contributed by atoms with Crippen LogP contribution in [0.25, 0.3) is 11.1 Å². The Morgan fingerprint density at radius 3 is 2.67 bits per heavy atom. The maximum absolute atomic E-state index is 6.75. The quantitative estimate of drug-likeness (QED) is 0.571. The SMILES string of the molecule is CCn1cc(-c2cccc(Sc3cnc(N4CCC5(CC4)CO[C@@H](C)[C@H]5N)cn3)c2Cl)cn1. The molecule has 2 aliphatic heterocycles. The smallest absolute Gasteiger partial charge is 0.147 e. The van der Waals surface area contributed by atoms with Gasteiger partial charge in [0.05, 0.1) is 36.3 Å². The Morgan fingerprint density at radius 1 is 1.21 bits per heavy atom. The van der Waals surface area contributed by atoms with E-state index in [0.717, 1.165) is 65.9 Å². The highest BCUT2D eigenvalue weighted by Gasteiger charge is 2.47. The number of piperidine rings is 1. The van der Waals surface area contributed by atoms with E-state index in [4.69, 9.17) is 27.1 Å². The summed E-state index contributed by atoms with van der Waals surface area (Å²) in [6, 6.07) is 6.15. The molecule has 9 heteroatoms. The highest BCUT2D eigenvalue weighted by Crippen LogP contribution is 2.42. The zero-order chi connectivity index (χ0) is 23.0. The molecule has 4 heterocycles. The minimum Gasteiger partial charge on any atom is -0.376 e. The number of hydrogen-bond acceptors (Lipinski definition) is 7. The fraction of sp³-hybridized carbons (Fsp3) is 0.458. The molecule has 2 atom stereocenters. The second-order valence-corrected chi connectivity index (χ2v) is 10.3. The largest absolute Gasteiger partial charge is 0.376 e. The van der Waals surface area contributed by atoms with Gasteiger partial charge in [-0.05, 0) is 32.8 Å². The predicted molar refractivity (Wildman–Crippen MR) is 132 cm³/mol. The molecule has 5 rings (SSSR count). The van der Waals surface area contributed by atoms with Crippen molar-refractivity contribution < 1.29 is 4.74 Å². The Hall–Kier alpha value is -2.13. The van der Waals surface area contributed by atoms with E-state index in [0.29, 0.717) is 5.02 Å². The molecule has 0 aliphatic carbocycles. The molecule has 3 aromatic rings. The Labute approximate surface area is 203 Å². The van der Waals surface area contributed by atoms with Gasteiger partial charge in [0, 0.05) is 53.3 Å². The topological polar surface area (TPSA) is 82.1 Å². The molecule has 0 bridgehead atoms. The van der Waals surface area contributed by atoms with Crippen LogP contribution in [0.2, 0.25) is 5.02 Å². The molecule has 7 nitrogen and oxygen atoms in total. The molecule has 2 saturated heterocycles. The number of anilines is 1. The van der Waals surface area contributed by atoms with Crippen LogP contribution in [0.4, 0.5) is 5.82 Å². The second kappa shape index (κ2) is 9.25. The molecule has 2 N–H and O–H groups in total. The molecule has 2 aliphatic rings. The minimum atomic E-state index is 0.106. The monoisotopic (exact) mass is 484 g/mol. The number of aryl methyl sites for hydroxylation is 1. The average Bonchev–Trinajstić information content (AvgIpc) is 3.43. The fourth-order valence-corrected chi connectivity index (χ4v) is 5.91. The highest BCUT2D eigenvalue weighted by molar-refractivity contribution is 7.99. The van der Waals surface area contributed by atoms with Crippen LogP contribution in [-0.4, -0.2) is 51.6 Å². The van der Waals surface area contributed by atoms with Crippen LogP contribution in [0, 0.1) is 5.41 Å². The van der Waals surface area contributed by atoms with Gasteiger partial charge in [0.15, 0.2) is 0 Å². The number of hydrogen-bond donors (Lipinski definition) is 1. The summed E-state index contributed by atoms with van der Waals surface area (Å²) in [5, 5.41) is 5.88. The zero-order valence-electron chi connectivity index (χ0n) is 18.9. The third-order valence-corrected chi connectivity index (χ3v) is 8.49. The molecule has 1 aromatic carbocycles. The molecule has 0 saturated carbocycles. The number of nitrogens with zero attached hydrogens (tertiary/aromatic N) is 5. The first kappa shape index (κ1) is 22.7. The summed E-state index contributed by atoms with van der Waals surface area (Å²) in [7, 11) is 0. The van der Waals surface area contributed by atoms with Gasteiger partial charge in [0.25, 0.3) is 0 Å². The van der Waals surface area contributed by atoms with Gasteiger partial charge in [0.1, 0.15) is 10.8 Å². The Kier molecular flexibility index (Phi) is 6.35. The van der Waals surface area contributed by atoms with E-state index in [1.165, 1.54) is 11.8 Å². The summed E-state index contributed by atoms with van der Waals surface area (Å²) in [6.45, 7) is 7.57. The summed E-state index contributed by atoms with van der Waals surface area (Å²) in [6.07, 6.45) is 9.73. The summed E-state index contributed by atoms with van der Waals surface area (Å²) in [5.41, 5.74) is 8.53. The molecule has 0 amide bonds. The van der Waals surface area contributed by atoms with Crippen LogP contribution in [0.1, 0.15) is 26.7 Å². The number of nitrogens with two attached hydrogens (primary N) is 1. The summed E-state index contributed by atoms with van der Waals surface area (Å²) < 4.78 is 7.73. The van der Waals surface area contributed by atoms with Crippen molar-refractivity contribution >= 4 is 29.2 Å². The van der Waals surface area contributed by atoms with E-state index in [-0.39, 0.29) is 17.6 Å². The lowest BCUT2D eigenvalue weighted by Gasteiger charge is -2.41. The Morgan fingerprint density at radius 2 is 2.03 bits per heavy atom. The van der Waals surface area contributed by atoms with Crippen molar-refractivity contribution in [3.05, 3.63) is 48.0 Å². The van der Waals surface area contributed by atoms with Crippen LogP contribution in [-0.2, 0) is 11.3 Å². The number of ether oxygens (including phenoxy) is 1. The average molecular weight is 485 g/mol. The summed E-state index contributed by atoms with van der Waals surface area (Å²) in [4.78, 5) is 12.6. The predicted octanol–water partition coefficient (Wildman–Crippen LogP) is 4.50. The van der Waals surface area contributed by atoms with E-state index in [1.54, 1.807) is 0 Å². The van der Waals surface area contributed by atoms with Crippen LogP contribution in [0.5, 0.6) is 0 Å². The first-order chi connectivity index (χ1) is 16.0. The Balaban J connectivity index is 1.26. The second-order valence-electron chi connectivity index (χ2n) is 8.91. The first-order valence-corrected chi connectivity index (χ1v) is 12.6. The number of halogens is 1. The van der Waals surface area contributed by atoms with Crippen LogP contribution < -0.4 is 10.6 Å². The lowest BCUT2D eigenvalue weighted by atomic mass is 9.73. The van der Waals surface area contributed by atoms with Gasteiger partial charge in [-0.3, -0.25) is 4.68 Å². The maximum Gasteiger partial charge on any atom is 0.147 e. The Bertz CT molecular complexity index is 1110. The minimum absolute atomic E-state index is 0.106. The first-order valence-electron chi connectivity index (χ1n) is 11.4.